The van der Waals surface area contributed by atoms with E-state index in [0.717, 1.165) is 55.2 Å². The van der Waals surface area contributed by atoms with Gasteiger partial charge >= 0.3 is 0 Å². The summed E-state index contributed by atoms with van der Waals surface area (Å²) in [6.07, 6.45) is 5.15. The predicted octanol–water partition coefficient (Wildman–Crippen LogP) is 4.90. The van der Waals surface area contributed by atoms with Gasteiger partial charge in [0.25, 0.3) is 0 Å². The molecule has 2 aliphatic rings. The monoisotopic (exact) mass is 494 g/mol. The number of nitrogens with one attached hydrogen (secondary N) is 1. The average Bonchev–Trinajstić information content (AvgIpc) is 3.28. The maximum atomic E-state index is 13.1. The minimum absolute atomic E-state index is 0.00897. The molecule has 0 bridgehead atoms. The summed E-state index contributed by atoms with van der Waals surface area (Å²) in [5.41, 5.74) is 3.57. The lowest BCUT2D eigenvalue weighted by molar-refractivity contribution is -0.127. The van der Waals surface area contributed by atoms with Crippen LogP contribution in [0.3, 0.4) is 0 Å². The zero-order valence-electron chi connectivity index (χ0n) is 18.0. The minimum atomic E-state index is -0.00897. The van der Waals surface area contributed by atoms with Gasteiger partial charge in [0.2, 0.25) is 17.6 Å². The van der Waals surface area contributed by atoms with Crippen molar-refractivity contribution in [2.24, 2.45) is 5.92 Å². The van der Waals surface area contributed by atoms with Crippen LogP contribution < -0.4 is 5.32 Å². The van der Waals surface area contributed by atoms with Crippen LogP contribution in [0, 0.1) is 5.92 Å². The zero-order valence-corrected chi connectivity index (χ0v) is 19.6. The fourth-order valence-electron chi connectivity index (χ4n) is 4.86. The first-order valence-corrected chi connectivity index (χ1v) is 12.1. The molecular formula is C25H27BrN4O2. The number of benzene rings is 2. The third-order valence-corrected chi connectivity index (χ3v) is 6.97. The molecule has 1 amide bonds. The van der Waals surface area contributed by atoms with E-state index in [2.05, 4.69) is 60.6 Å². The first kappa shape index (κ1) is 21.3. The van der Waals surface area contributed by atoms with Crippen LogP contribution in [0.25, 0.3) is 11.4 Å². The number of likely N-dealkylation sites (tertiary alicyclic amines) is 1. The summed E-state index contributed by atoms with van der Waals surface area (Å²) in [7, 11) is 0. The van der Waals surface area contributed by atoms with Crippen LogP contribution in [0.15, 0.2) is 57.5 Å². The molecule has 1 fully saturated rings. The van der Waals surface area contributed by atoms with Crippen molar-refractivity contribution in [2.75, 3.05) is 13.1 Å². The van der Waals surface area contributed by atoms with Gasteiger partial charge in [-0.3, -0.25) is 9.69 Å². The molecule has 1 aromatic heterocycles. The maximum absolute atomic E-state index is 13.1. The highest BCUT2D eigenvalue weighted by Crippen LogP contribution is 2.30. The number of nitrogens with zero attached hydrogens (tertiary/aromatic N) is 3. The molecule has 7 heteroatoms. The van der Waals surface area contributed by atoms with E-state index in [1.54, 1.807) is 0 Å². The molecule has 3 aromatic rings. The smallest absolute Gasteiger partial charge is 0.241 e. The van der Waals surface area contributed by atoms with E-state index in [-0.39, 0.29) is 17.9 Å². The van der Waals surface area contributed by atoms with Crippen LogP contribution in [-0.4, -0.2) is 34.0 Å². The zero-order chi connectivity index (χ0) is 21.9. The minimum Gasteiger partial charge on any atom is -0.349 e. The number of carbonyl (C=O) groups excluding carboxylic acids is 1. The van der Waals surface area contributed by atoms with E-state index in [1.807, 2.05) is 24.3 Å². The molecular weight excluding hydrogens is 468 g/mol. The van der Waals surface area contributed by atoms with Crippen LogP contribution in [0.5, 0.6) is 0 Å². The number of fused-ring (bicyclic) bond motifs is 1. The SMILES string of the molecule is O=C(NC1CCCc2ccccc21)C1CCCN(Cc2nc(-c3cccc(Br)c3)no2)C1. The van der Waals surface area contributed by atoms with Crippen LogP contribution in [0.1, 0.15) is 48.7 Å². The number of aryl methyl sites for hydroxylation is 1. The summed E-state index contributed by atoms with van der Waals surface area (Å²) < 4.78 is 6.48. The Morgan fingerprint density at radius 2 is 2.06 bits per heavy atom. The highest BCUT2D eigenvalue weighted by molar-refractivity contribution is 9.10. The Morgan fingerprint density at radius 3 is 2.97 bits per heavy atom. The van der Waals surface area contributed by atoms with Crippen molar-refractivity contribution in [1.29, 1.82) is 0 Å². The molecule has 166 valence electrons. The molecule has 2 aromatic carbocycles. The van der Waals surface area contributed by atoms with Gasteiger partial charge < -0.3 is 9.84 Å². The van der Waals surface area contributed by atoms with Gasteiger partial charge in [0.1, 0.15) is 0 Å². The second-order valence-electron chi connectivity index (χ2n) is 8.75. The summed E-state index contributed by atoms with van der Waals surface area (Å²) in [4.78, 5) is 19.9. The van der Waals surface area contributed by atoms with Gasteiger partial charge in [-0.05, 0) is 61.9 Å². The number of aromatic nitrogens is 2. The molecule has 2 heterocycles. The van der Waals surface area contributed by atoms with Crippen LogP contribution in [0.2, 0.25) is 0 Å². The lowest BCUT2D eigenvalue weighted by Crippen LogP contribution is -2.44. The Hall–Kier alpha value is -2.51. The van der Waals surface area contributed by atoms with Gasteiger partial charge in [0.15, 0.2) is 0 Å². The molecule has 0 spiro atoms. The number of rotatable bonds is 5. The molecule has 6 nitrogen and oxygen atoms in total. The van der Waals surface area contributed by atoms with Crippen molar-refractivity contribution < 1.29 is 9.32 Å². The van der Waals surface area contributed by atoms with Crippen molar-refractivity contribution in [3.05, 3.63) is 70.0 Å². The molecule has 1 N–H and O–H groups in total. The second kappa shape index (κ2) is 9.55. The third-order valence-electron chi connectivity index (χ3n) is 6.47. The summed E-state index contributed by atoms with van der Waals surface area (Å²) in [5.74, 6) is 1.33. The molecule has 2 atom stereocenters. The van der Waals surface area contributed by atoms with Gasteiger partial charge in [-0.25, -0.2) is 0 Å². The van der Waals surface area contributed by atoms with Gasteiger partial charge in [-0.15, -0.1) is 0 Å². The van der Waals surface area contributed by atoms with Gasteiger partial charge in [0, 0.05) is 16.6 Å². The standard InChI is InChI=1S/C25H27BrN4O2/c26-20-10-3-8-18(14-20)24-28-23(32-29-24)16-30-13-5-9-19(15-30)25(31)27-22-12-4-7-17-6-1-2-11-21(17)22/h1-3,6,8,10-11,14,19,22H,4-5,7,9,12-13,15-16H2,(H,27,31). The first-order chi connectivity index (χ1) is 15.7. The van der Waals surface area contributed by atoms with Crippen molar-refractivity contribution in [1.82, 2.24) is 20.4 Å². The van der Waals surface area contributed by atoms with Crippen molar-refractivity contribution in [3.63, 3.8) is 0 Å². The van der Waals surface area contributed by atoms with Gasteiger partial charge in [-0.1, -0.05) is 57.5 Å². The summed E-state index contributed by atoms with van der Waals surface area (Å²) in [6.45, 7) is 2.22. The summed E-state index contributed by atoms with van der Waals surface area (Å²) >= 11 is 3.48. The average molecular weight is 495 g/mol. The van der Waals surface area contributed by atoms with E-state index in [4.69, 9.17) is 4.52 Å². The number of halogens is 1. The fourth-order valence-corrected chi connectivity index (χ4v) is 5.26. The molecule has 1 aliphatic carbocycles. The Morgan fingerprint density at radius 1 is 1.16 bits per heavy atom. The summed E-state index contributed by atoms with van der Waals surface area (Å²) in [5, 5.41) is 7.47. The fraction of sp³-hybridized carbons (Fsp3) is 0.400. The Balaban J connectivity index is 1.20. The van der Waals surface area contributed by atoms with E-state index in [1.165, 1.54) is 11.1 Å². The summed E-state index contributed by atoms with van der Waals surface area (Å²) in [6, 6.07) is 16.5. The van der Waals surface area contributed by atoms with Crippen LogP contribution >= 0.6 is 15.9 Å². The van der Waals surface area contributed by atoms with Crippen molar-refractivity contribution >= 4 is 21.8 Å². The molecule has 1 saturated heterocycles. The molecule has 32 heavy (non-hydrogen) atoms. The van der Waals surface area contributed by atoms with E-state index < -0.39 is 0 Å². The molecule has 2 unspecified atom stereocenters. The number of hydrogen-bond donors (Lipinski definition) is 1. The molecule has 1 aliphatic heterocycles. The molecule has 0 radical (unpaired) electrons. The van der Waals surface area contributed by atoms with E-state index in [9.17, 15) is 4.79 Å². The van der Waals surface area contributed by atoms with Crippen LogP contribution in [-0.2, 0) is 17.8 Å². The van der Waals surface area contributed by atoms with E-state index >= 15 is 0 Å². The quantitative estimate of drug-likeness (QED) is 0.545. The van der Waals surface area contributed by atoms with Gasteiger partial charge in [0.05, 0.1) is 18.5 Å². The number of piperidine rings is 1. The maximum Gasteiger partial charge on any atom is 0.241 e. The Bertz CT molecular complexity index is 1100. The Kier molecular flexibility index (Phi) is 6.37. The number of amides is 1. The highest BCUT2D eigenvalue weighted by atomic mass is 79.9. The van der Waals surface area contributed by atoms with Gasteiger partial charge in [-0.2, -0.15) is 4.98 Å². The topological polar surface area (TPSA) is 71.3 Å². The largest absolute Gasteiger partial charge is 0.349 e. The Labute approximate surface area is 196 Å². The number of carbonyl (C=O) groups is 1. The van der Waals surface area contributed by atoms with Crippen molar-refractivity contribution in [3.8, 4) is 11.4 Å². The number of hydrogen-bond acceptors (Lipinski definition) is 5. The molecule has 5 rings (SSSR count). The molecule has 0 saturated carbocycles. The highest BCUT2D eigenvalue weighted by Gasteiger charge is 2.29. The van der Waals surface area contributed by atoms with Crippen LogP contribution in [0.4, 0.5) is 0 Å². The first-order valence-electron chi connectivity index (χ1n) is 11.3. The lowest BCUT2D eigenvalue weighted by atomic mass is 9.87. The van der Waals surface area contributed by atoms with E-state index in [0.29, 0.717) is 18.3 Å². The van der Waals surface area contributed by atoms with Crippen molar-refractivity contribution in [2.45, 2.75) is 44.7 Å². The normalized spacial score (nSPS) is 21.2. The lowest BCUT2D eigenvalue weighted by Gasteiger charge is -2.33. The second-order valence-corrected chi connectivity index (χ2v) is 9.66. The third kappa shape index (κ3) is 4.79. The predicted molar refractivity (Wildman–Crippen MR) is 126 cm³/mol.